The highest BCUT2D eigenvalue weighted by Gasteiger charge is 2.17. The van der Waals surface area contributed by atoms with Gasteiger partial charge in [0.2, 0.25) is 0 Å². The Bertz CT molecular complexity index is 991. The summed E-state index contributed by atoms with van der Waals surface area (Å²) in [6.07, 6.45) is 2.42. The van der Waals surface area contributed by atoms with Gasteiger partial charge >= 0.3 is 0 Å². The summed E-state index contributed by atoms with van der Waals surface area (Å²) in [5, 5.41) is 8.67. The fourth-order valence-corrected chi connectivity index (χ4v) is 5.75. The smallest absolute Gasteiger partial charge is 0.0157 e. The van der Waals surface area contributed by atoms with E-state index in [4.69, 9.17) is 0 Å². The number of hydrogen-bond donors (Lipinski definition) is 0. The van der Waals surface area contributed by atoms with Gasteiger partial charge in [0.1, 0.15) is 0 Å². The van der Waals surface area contributed by atoms with E-state index in [1.807, 2.05) is 23.5 Å². The highest BCUT2D eigenvalue weighted by Crippen LogP contribution is 2.45. The Balaban J connectivity index is 2.15. The highest BCUT2D eigenvalue weighted by atomic mass is 32.2. The van der Waals surface area contributed by atoms with Crippen molar-refractivity contribution in [2.45, 2.75) is 50.3 Å². The SMILES string of the molecule is CCCSc1cc2c(C)ccc3c(SCCC)cc4c(C)ccc1c4c23. The van der Waals surface area contributed by atoms with Gasteiger partial charge in [-0.15, -0.1) is 23.5 Å². The van der Waals surface area contributed by atoms with Crippen molar-refractivity contribution in [2.75, 3.05) is 11.5 Å². The van der Waals surface area contributed by atoms with Crippen LogP contribution in [-0.4, -0.2) is 11.5 Å². The molecule has 0 atom stereocenters. The van der Waals surface area contributed by atoms with Crippen molar-refractivity contribution in [2.24, 2.45) is 0 Å². The zero-order valence-electron chi connectivity index (χ0n) is 16.1. The first kappa shape index (κ1) is 18.0. The maximum Gasteiger partial charge on any atom is 0.0157 e. The Labute approximate surface area is 165 Å². The molecule has 26 heavy (non-hydrogen) atoms. The van der Waals surface area contributed by atoms with Gasteiger partial charge in [-0.05, 0) is 93.8 Å². The molecule has 0 N–H and O–H groups in total. The number of thioether (sulfide) groups is 2. The average molecular weight is 379 g/mol. The molecule has 0 aliphatic heterocycles. The molecule has 0 bridgehead atoms. The predicted octanol–water partition coefficient (Wildman–Crippen LogP) is 8.21. The minimum absolute atomic E-state index is 1.18. The Hall–Kier alpha value is -1.38. The summed E-state index contributed by atoms with van der Waals surface area (Å²) >= 11 is 4.01. The predicted molar refractivity (Wildman–Crippen MR) is 122 cm³/mol. The van der Waals surface area contributed by atoms with Gasteiger partial charge in [-0.1, -0.05) is 38.1 Å². The average Bonchev–Trinajstić information content (AvgIpc) is 2.65. The van der Waals surface area contributed by atoms with Crippen molar-refractivity contribution in [1.29, 1.82) is 0 Å². The van der Waals surface area contributed by atoms with Gasteiger partial charge in [0.25, 0.3) is 0 Å². The molecule has 0 aliphatic rings. The summed E-state index contributed by atoms with van der Waals surface area (Å²) in [5.41, 5.74) is 2.77. The van der Waals surface area contributed by atoms with Crippen LogP contribution in [0.3, 0.4) is 0 Å². The standard InChI is InChI=1S/C24H26S2/c1-5-11-25-21-13-19-15(3)8-10-18-22(26-12-6-2)14-20-16(4)7-9-17(21)23(20)24(18)19/h7-10,13-14H,5-6,11-12H2,1-4H3. The number of hydrogen-bond acceptors (Lipinski definition) is 2. The van der Waals surface area contributed by atoms with Crippen LogP contribution in [0.25, 0.3) is 32.3 Å². The minimum Gasteiger partial charge on any atom is -0.126 e. The summed E-state index contributed by atoms with van der Waals surface area (Å²) in [7, 11) is 0. The molecule has 2 heteroatoms. The second kappa shape index (κ2) is 7.32. The molecule has 0 unspecified atom stereocenters. The maximum atomic E-state index is 2.45. The van der Waals surface area contributed by atoms with Gasteiger partial charge in [-0.3, -0.25) is 0 Å². The number of benzene rings is 4. The molecule has 0 amide bonds. The van der Waals surface area contributed by atoms with Gasteiger partial charge in [0.05, 0.1) is 0 Å². The van der Waals surface area contributed by atoms with Crippen LogP contribution in [0.15, 0.2) is 46.2 Å². The molecule has 0 aromatic heterocycles. The topological polar surface area (TPSA) is 0 Å². The van der Waals surface area contributed by atoms with Gasteiger partial charge in [-0.25, -0.2) is 0 Å². The molecule has 0 aliphatic carbocycles. The van der Waals surface area contributed by atoms with E-state index in [9.17, 15) is 0 Å². The van der Waals surface area contributed by atoms with E-state index in [1.54, 1.807) is 0 Å². The summed E-state index contributed by atoms with van der Waals surface area (Å²) < 4.78 is 0. The van der Waals surface area contributed by atoms with Crippen molar-refractivity contribution in [3.05, 3.63) is 47.5 Å². The summed E-state index contributed by atoms with van der Waals surface area (Å²) in [4.78, 5) is 2.88. The zero-order valence-corrected chi connectivity index (χ0v) is 17.7. The van der Waals surface area contributed by atoms with Crippen molar-refractivity contribution in [3.8, 4) is 0 Å². The fraction of sp³-hybridized carbons (Fsp3) is 0.333. The molecular formula is C24H26S2. The van der Waals surface area contributed by atoms with Gasteiger partial charge in [0, 0.05) is 9.79 Å². The van der Waals surface area contributed by atoms with Crippen LogP contribution in [0, 0.1) is 13.8 Å². The summed E-state index contributed by atoms with van der Waals surface area (Å²) in [6, 6.07) is 14.2. The summed E-state index contributed by atoms with van der Waals surface area (Å²) in [6.45, 7) is 9.04. The van der Waals surface area contributed by atoms with E-state index < -0.39 is 0 Å². The van der Waals surface area contributed by atoms with Crippen molar-refractivity contribution < 1.29 is 0 Å². The Kier molecular flexibility index (Phi) is 5.07. The van der Waals surface area contributed by atoms with E-state index >= 15 is 0 Å². The van der Waals surface area contributed by atoms with Crippen LogP contribution in [0.4, 0.5) is 0 Å². The van der Waals surface area contributed by atoms with Crippen LogP contribution < -0.4 is 0 Å². The molecule has 0 heterocycles. The van der Waals surface area contributed by atoms with Gasteiger partial charge < -0.3 is 0 Å². The Morgan fingerprint density at radius 2 is 1.04 bits per heavy atom. The lowest BCUT2D eigenvalue weighted by atomic mass is 9.90. The quantitative estimate of drug-likeness (QED) is 0.245. The largest absolute Gasteiger partial charge is 0.126 e. The van der Waals surface area contributed by atoms with E-state index in [1.165, 1.54) is 77.6 Å². The molecule has 0 saturated heterocycles. The Morgan fingerprint density at radius 1 is 0.615 bits per heavy atom. The van der Waals surface area contributed by atoms with Crippen molar-refractivity contribution in [1.82, 2.24) is 0 Å². The first-order valence-electron chi connectivity index (χ1n) is 9.63. The monoisotopic (exact) mass is 378 g/mol. The lowest BCUT2D eigenvalue weighted by Gasteiger charge is -2.19. The second-order valence-corrected chi connectivity index (χ2v) is 9.42. The van der Waals surface area contributed by atoms with Crippen molar-refractivity contribution in [3.63, 3.8) is 0 Å². The molecule has 0 saturated carbocycles. The highest BCUT2D eigenvalue weighted by molar-refractivity contribution is 7.99. The molecule has 0 radical (unpaired) electrons. The lowest BCUT2D eigenvalue weighted by molar-refractivity contribution is 1.11. The molecule has 4 rings (SSSR count). The van der Waals surface area contributed by atoms with E-state index in [2.05, 4.69) is 64.1 Å². The molecule has 0 nitrogen and oxygen atoms in total. The normalized spacial score (nSPS) is 12.0. The second-order valence-electron chi connectivity index (χ2n) is 7.15. The van der Waals surface area contributed by atoms with Gasteiger partial charge in [-0.2, -0.15) is 0 Å². The third-order valence-corrected chi connectivity index (χ3v) is 7.70. The first-order valence-corrected chi connectivity index (χ1v) is 11.6. The molecular weight excluding hydrogens is 352 g/mol. The molecule has 0 spiro atoms. The van der Waals surface area contributed by atoms with Crippen LogP contribution in [0.1, 0.15) is 37.8 Å². The van der Waals surface area contributed by atoms with Crippen LogP contribution in [0.2, 0.25) is 0 Å². The lowest BCUT2D eigenvalue weighted by Crippen LogP contribution is -1.93. The number of rotatable bonds is 6. The first-order chi connectivity index (χ1) is 12.7. The summed E-state index contributed by atoms with van der Waals surface area (Å²) in [5.74, 6) is 2.35. The molecule has 4 aromatic rings. The fourth-order valence-electron chi connectivity index (χ4n) is 3.85. The third kappa shape index (κ3) is 2.88. The third-order valence-electron chi connectivity index (χ3n) is 5.18. The maximum absolute atomic E-state index is 2.45. The Morgan fingerprint density at radius 3 is 1.42 bits per heavy atom. The minimum atomic E-state index is 1.18. The van der Waals surface area contributed by atoms with Gasteiger partial charge in [0.15, 0.2) is 0 Å². The van der Waals surface area contributed by atoms with Crippen LogP contribution in [0.5, 0.6) is 0 Å². The van der Waals surface area contributed by atoms with E-state index in [-0.39, 0.29) is 0 Å². The van der Waals surface area contributed by atoms with E-state index in [0.29, 0.717) is 0 Å². The number of aryl methyl sites for hydroxylation is 2. The molecule has 0 fully saturated rings. The molecule has 134 valence electrons. The van der Waals surface area contributed by atoms with Crippen LogP contribution in [-0.2, 0) is 0 Å². The van der Waals surface area contributed by atoms with E-state index in [0.717, 1.165) is 0 Å². The zero-order chi connectivity index (χ0) is 18.3. The van der Waals surface area contributed by atoms with Crippen LogP contribution >= 0.6 is 23.5 Å². The van der Waals surface area contributed by atoms with Crippen molar-refractivity contribution >= 4 is 55.8 Å². The molecule has 4 aromatic carbocycles.